The number of nitrogens with two attached hydrogens (primary N) is 1. The Morgan fingerprint density at radius 1 is 1.18 bits per heavy atom. The summed E-state index contributed by atoms with van der Waals surface area (Å²) < 4.78 is 16.8. The molecule has 13 heteroatoms. The van der Waals surface area contributed by atoms with Crippen molar-refractivity contribution in [2.75, 3.05) is 37.9 Å². The van der Waals surface area contributed by atoms with Crippen LogP contribution in [0.4, 0.5) is 11.6 Å². The van der Waals surface area contributed by atoms with E-state index in [9.17, 15) is 4.79 Å². The van der Waals surface area contributed by atoms with Crippen LogP contribution in [0.3, 0.4) is 0 Å². The molecule has 1 fully saturated rings. The average Bonchev–Trinajstić information content (AvgIpc) is 3.35. The van der Waals surface area contributed by atoms with Crippen LogP contribution in [0.25, 0.3) is 5.82 Å². The Hall–Kier alpha value is -4.16. The molecule has 1 amide bonds. The largest absolute Gasteiger partial charge is 0.493 e. The summed E-state index contributed by atoms with van der Waals surface area (Å²) in [7, 11) is 3.08. The lowest BCUT2D eigenvalue weighted by molar-refractivity contribution is 0.0950. The predicted molar refractivity (Wildman–Crippen MR) is 119 cm³/mol. The third kappa shape index (κ3) is 4.56. The Morgan fingerprint density at radius 3 is 2.64 bits per heavy atom. The molecule has 3 N–H and O–H groups in total. The molecular formula is C20H25N9O4. The van der Waals surface area contributed by atoms with Crippen molar-refractivity contribution < 1.29 is 18.9 Å². The molecule has 0 bridgehead atoms. The van der Waals surface area contributed by atoms with Crippen LogP contribution >= 0.6 is 0 Å². The lowest BCUT2D eigenvalue weighted by Gasteiger charge is -2.22. The fourth-order valence-electron chi connectivity index (χ4n) is 3.70. The standard InChI is InChI=1S/C20H25N9O4/c1-31-14-9-7-8-13(16(14)32-2)12-22-24-19(30)15-20(28-10-5-3-4-6-11-28)29(27-23-15)18-17(21)25-33-26-18/h7-9,12H,3-6,10-11H2,1-2H3,(H2,21,25)(H,24,30)/b22-12+. The van der Waals surface area contributed by atoms with E-state index in [4.69, 9.17) is 19.8 Å². The van der Waals surface area contributed by atoms with Gasteiger partial charge in [0, 0.05) is 18.7 Å². The summed E-state index contributed by atoms with van der Waals surface area (Å²) in [6, 6.07) is 5.35. The maximum atomic E-state index is 13.0. The highest BCUT2D eigenvalue weighted by atomic mass is 16.6. The fraction of sp³-hybridized carbons (Fsp3) is 0.400. The number of hydrazone groups is 1. The van der Waals surface area contributed by atoms with Gasteiger partial charge in [-0.15, -0.1) is 5.10 Å². The van der Waals surface area contributed by atoms with E-state index >= 15 is 0 Å². The van der Waals surface area contributed by atoms with E-state index < -0.39 is 5.91 Å². The number of methoxy groups -OCH3 is 2. The summed E-state index contributed by atoms with van der Waals surface area (Å²) in [5.41, 5.74) is 9.09. The van der Waals surface area contributed by atoms with Crippen LogP contribution in [0.5, 0.6) is 11.5 Å². The Morgan fingerprint density at radius 2 is 1.97 bits per heavy atom. The minimum atomic E-state index is -0.534. The summed E-state index contributed by atoms with van der Waals surface area (Å²) in [5.74, 6) is 1.21. The van der Waals surface area contributed by atoms with Crippen molar-refractivity contribution in [3.8, 4) is 17.3 Å². The van der Waals surface area contributed by atoms with Gasteiger partial charge in [0.25, 0.3) is 5.91 Å². The molecule has 33 heavy (non-hydrogen) atoms. The second kappa shape index (κ2) is 9.97. The number of ether oxygens (including phenoxy) is 2. The van der Waals surface area contributed by atoms with E-state index in [1.54, 1.807) is 25.3 Å². The van der Waals surface area contributed by atoms with Gasteiger partial charge in [-0.1, -0.05) is 24.1 Å². The molecule has 1 aliphatic rings. The van der Waals surface area contributed by atoms with Gasteiger partial charge in [-0.25, -0.2) is 10.1 Å². The van der Waals surface area contributed by atoms with E-state index in [1.165, 1.54) is 18.0 Å². The van der Waals surface area contributed by atoms with Crippen LogP contribution in [0.1, 0.15) is 41.7 Å². The molecule has 2 aromatic heterocycles. The Labute approximate surface area is 189 Å². The highest BCUT2D eigenvalue weighted by molar-refractivity contribution is 5.98. The Balaban J connectivity index is 1.62. The minimum absolute atomic E-state index is 0.0473. The van der Waals surface area contributed by atoms with Gasteiger partial charge in [0.1, 0.15) is 0 Å². The SMILES string of the molecule is COc1cccc(/C=N/NC(=O)c2nnn(-c3nonc3N)c2N2CCCCCC2)c1OC. The zero-order valence-electron chi connectivity index (χ0n) is 18.4. The van der Waals surface area contributed by atoms with Gasteiger partial charge in [-0.05, 0) is 35.3 Å². The maximum Gasteiger partial charge on any atom is 0.295 e. The molecule has 0 radical (unpaired) electrons. The molecule has 4 rings (SSSR count). The number of nitrogen functional groups attached to an aromatic ring is 1. The van der Waals surface area contributed by atoms with Gasteiger partial charge in [-0.2, -0.15) is 9.78 Å². The topological polar surface area (TPSA) is 159 Å². The normalized spacial score (nSPS) is 14.3. The molecule has 0 aliphatic carbocycles. The third-order valence-corrected chi connectivity index (χ3v) is 5.27. The Kier molecular flexibility index (Phi) is 6.66. The van der Waals surface area contributed by atoms with Gasteiger partial charge in [0.05, 0.1) is 20.4 Å². The van der Waals surface area contributed by atoms with E-state index in [1.807, 2.05) is 4.90 Å². The molecule has 3 heterocycles. The molecule has 13 nitrogen and oxygen atoms in total. The summed E-state index contributed by atoms with van der Waals surface area (Å²) in [6.07, 6.45) is 5.65. The first-order valence-electron chi connectivity index (χ1n) is 10.5. The summed E-state index contributed by atoms with van der Waals surface area (Å²) in [4.78, 5) is 15.1. The number of aromatic nitrogens is 5. The lowest BCUT2D eigenvalue weighted by Crippen LogP contribution is -2.30. The van der Waals surface area contributed by atoms with Crippen LogP contribution in [0, 0.1) is 0 Å². The van der Waals surface area contributed by atoms with Gasteiger partial charge in [0.15, 0.2) is 23.0 Å². The number of anilines is 2. The molecular weight excluding hydrogens is 430 g/mol. The molecule has 1 aliphatic heterocycles. The van der Waals surface area contributed by atoms with E-state index in [2.05, 4.69) is 31.2 Å². The first kappa shape index (κ1) is 22.0. The highest BCUT2D eigenvalue weighted by Crippen LogP contribution is 2.29. The fourth-order valence-corrected chi connectivity index (χ4v) is 3.70. The zero-order valence-corrected chi connectivity index (χ0v) is 18.4. The van der Waals surface area contributed by atoms with Crippen molar-refractivity contribution in [3.05, 3.63) is 29.5 Å². The number of nitrogens with one attached hydrogen (secondary N) is 1. The highest BCUT2D eigenvalue weighted by Gasteiger charge is 2.28. The quantitative estimate of drug-likeness (QED) is 0.394. The molecule has 0 atom stereocenters. The van der Waals surface area contributed by atoms with Crippen molar-refractivity contribution in [2.24, 2.45) is 5.10 Å². The van der Waals surface area contributed by atoms with Crippen molar-refractivity contribution >= 4 is 23.8 Å². The predicted octanol–water partition coefficient (Wildman–Crippen LogP) is 1.39. The molecule has 3 aromatic rings. The van der Waals surface area contributed by atoms with E-state index in [-0.39, 0.29) is 17.3 Å². The third-order valence-electron chi connectivity index (χ3n) is 5.27. The number of nitrogens with zero attached hydrogens (tertiary/aromatic N) is 7. The van der Waals surface area contributed by atoms with E-state index in [0.29, 0.717) is 22.9 Å². The first-order valence-corrected chi connectivity index (χ1v) is 10.5. The second-order valence-corrected chi connectivity index (χ2v) is 7.33. The molecule has 0 unspecified atom stereocenters. The number of para-hydroxylation sites is 1. The minimum Gasteiger partial charge on any atom is -0.493 e. The molecule has 1 saturated heterocycles. The molecule has 0 spiro atoms. The van der Waals surface area contributed by atoms with Gasteiger partial charge in [0.2, 0.25) is 11.6 Å². The summed E-state index contributed by atoms with van der Waals surface area (Å²) in [6.45, 7) is 1.48. The number of benzene rings is 1. The van der Waals surface area contributed by atoms with Crippen LogP contribution in [0.15, 0.2) is 27.9 Å². The van der Waals surface area contributed by atoms with Crippen LogP contribution in [0.2, 0.25) is 0 Å². The van der Waals surface area contributed by atoms with Crippen molar-refractivity contribution in [3.63, 3.8) is 0 Å². The van der Waals surface area contributed by atoms with Crippen molar-refractivity contribution in [2.45, 2.75) is 25.7 Å². The van der Waals surface area contributed by atoms with Crippen molar-refractivity contribution in [1.29, 1.82) is 0 Å². The smallest absolute Gasteiger partial charge is 0.295 e. The number of amides is 1. The number of carbonyl (C=O) groups excluding carboxylic acids is 1. The van der Waals surface area contributed by atoms with Gasteiger partial charge < -0.3 is 20.1 Å². The van der Waals surface area contributed by atoms with Crippen LogP contribution in [-0.2, 0) is 0 Å². The second-order valence-electron chi connectivity index (χ2n) is 7.33. The summed E-state index contributed by atoms with van der Waals surface area (Å²) in [5, 5.41) is 19.7. The monoisotopic (exact) mass is 455 g/mol. The van der Waals surface area contributed by atoms with Gasteiger partial charge >= 0.3 is 0 Å². The molecule has 1 aromatic carbocycles. The van der Waals surface area contributed by atoms with Crippen LogP contribution < -0.4 is 25.5 Å². The van der Waals surface area contributed by atoms with Crippen LogP contribution in [-0.4, -0.2) is 64.7 Å². The number of hydrogen-bond donors (Lipinski definition) is 2. The van der Waals surface area contributed by atoms with Crippen molar-refractivity contribution in [1.82, 2.24) is 30.7 Å². The molecule has 174 valence electrons. The van der Waals surface area contributed by atoms with Gasteiger partial charge in [-0.3, -0.25) is 4.79 Å². The lowest BCUT2D eigenvalue weighted by atomic mass is 10.2. The Bertz CT molecular complexity index is 1130. The zero-order chi connectivity index (χ0) is 23.2. The van der Waals surface area contributed by atoms with E-state index in [0.717, 1.165) is 38.8 Å². The summed E-state index contributed by atoms with van der Waals surface area (Å²) >= 11 is 0. The molecule has 0 saturated carbocycles. The first-order chi connectivity index (χ1) is 16.1. The number of hydrogen-bond acceptors (Lipinski definition) is 11. The maximum absolute atomic E-state index is 13.0. The number of rotatable bonds is 7. The number of carbonyl (C=O) groups is 1. The average molecular weight is 455 g/mol.